The third-order valence-corrected chi connectivity index (χ3v) is 6.70. The molecule has 0 radical (unpaired) electrons. The zero-order valence-electron chi connectivity index (χ0n) is 15.4. The van der Waals surface area contributed by atoms with Crippen LogP contribution < -0.4 is 0 Å². The number of thiophene rings is 1. The van der Waals surface area contributed by atoms with E-state index in [2.05, 4.69) is 28.9 Å². The van der Waals surface area contributed by atoms with Crippen molar-refractivity contribution in [2.45, 2.75) is 63.7 Å². The molecule has 5 atom stereocenters. The van der Waals surface area contributed by atoms with Crippen LogP contribution in [0.1, 0.15) is 41.5 Å². The fourth-order valence-electron chi connectivity index (χ4n) is 3.67. The van der Waals surface area contributed by atoms with Gasteiger partial charge in [-0.15, -0.1) is 11.3 Å². The van der Waals surface area contributed by atoms with Crippen LogP contribution >= 0.6 is 27.3 Å². The molecule has 27 heavy (non-hydrogen) atoms. The highest BCUT2D eigenvalue weighted by atomic mass is 79.9. The predicted octanol–water partition coefficient (Wildman–Crippen LogP) is 3.68. The summed E-state index contributed by atoms with van der Waals surface area (Å²) < 4.78 is 18.3. The Kier molecular flexibility index (Phi) is 5.22. The average molecular weight is 455 g/mol. The van der Waals surface area contributed by atoms with Gasteiger partial charge < -0.3 is 24.4 Å². The molecule has 2 fully saturated rings. The Bertz CT molecular complexity index is 836. The summed E-state index contributed by atoms with van der Waals surface area (Å²) in [5.41, 5.74) is 3.02. The lowest BCUT2D eigenvalue weighted by atomic mass is 9.94. The Morgan fingerprint density at radius 3 is 2.67 bits per heavy atom. The molecule has 0 spiro atoms. The number of rotatable bonds is 4. The van der Waals surface area contributed by atoms with Crippen LogP contribution in [0.15, 0.2) is 34.1 Å². The lowest BCUT2D eigenvalue weighted by molar-refractivity contribution is -0.226. The molecule has 0 saturated carbocycles. The number of hydrogen-bond donors (Lipinski definition) is 2. The van der Waals surface area contributed by atoms with Crippen molar-refractivity contribution in [2.75, 3.05) is 0 Å². The quantitative estimate of drug-likeness (QED) is 0.737. The highest BCUT2D eigenvalue weighted by Crippen LogP contribution is 2.41. The van der Waals surface area contributed by atoms with Crippen LogP contribution in [0.2, 0.25) is 0 Å². The van der Waals surface area contributed by atoms with E-state index in [1.807, 2.05) is 24.3 Å². The van der Waals surface area contributed by atoms with E-state index in [0.29, 0.717) is 0 Å². The fourth-order valence-corrected chi connectivity index (χ4v) is 5.17. The minimum Gasteiger partial charge on any atom is -0.387 e. The molecular weight excluding hydrogens is 432 g/mol. The molecule has 146 valence electrons. The highest BCUT2D eigenvalue weighted by molar-refractivity contribution is 9.11. The number of fused-ring (bicyclic) bond motifs is 1. The normalized spacial score (nSPS) is 30.4. The van der Waals surface area contributed by atoms with Gasteiger partial charge in [-0.1, -0.05) is 18.2 Å². The summed E-state index contributed by atoms with van der Waals surface area (Å²) in [5.74, 6) is -0.793. The lowest BCUT2D eigenvalue weighted by Gasteiger charge is -2.26. The van der Waals surface area contributed by atoms with E-state index in [4.69, 9.17) is 14.2 Å². The fraction of sp³-hybridized carbons (Fsp3) is 0.500. The summed E-state index contributed by atoms with van der Waals surface area (Å²) in [7, 11) is 0. The molecule has 1 aromatic heterocycles. The van der Waals surface area contributed by atoms with Gasteiger partial charge in [-0.2, -0.15) is 0 Å². The molecule has 2 aliphatic heterocycles. The number of aliphatic hydroxyl groups excluding tert-OH is 2. The van der Waals surface area contributed by atoms with Crippen LogP contribution in [-0.2, 0) is 20.6 Å². The van der Waals surface area contributed by atoms with Gasteiger partial charge in [-0.25, -0.2) is 0 Å². The molecule has 5 nitrogen and oxygen atoms in total. The smallest absolute Gasteiger partial charge is 0.190 e. The van der Waals surface area contributed by atoms with Gasteiger partial charge in [0, 0.05) is 11.3 Å². The van der Waals surface area contributed by atoms with Crippen molar-refractivity contribution in [2.24, 2.45) is 0 Å². The van der Waals surface area contributed by atoms with E-state index < -0.39 is 36.5 Å². The zero-order chi connectivity index (χ0) is 19.3. The van der Waals surface area contributed by atoms with Crippen LogP contribution in [-0.4, -0.2) is 40.6 Å². The maximum atomic E-state index is 10.9. The van der Waals surface area contributed by atoms with Gasteiger partial charge in [0.2, 0.25) is 0 Å². The highest BCUT2D eigenvalue weighted by Gasteiger charge is 2.56. The van der Waals surface area contributed by atoms with Gasteiger partial charge in [-0.05, 0) is 65.5 Å². The molecule has 0 amide bonds. The molecule has 4 rings (SSSR count). The summed E-state index contributed by atoms with van der Waals surface area (Å²) in [4.78, 5) is 1.24. The minimum atomic E-state index is -0.963. The number of benzene rings is 1. The van der Waals surface area contributed by atoms with Crippen LogP contribution in [0.25, 0.3) is 0 Å². The van der Waals surface area contributed by atoms with Crippen molar-refractivity contribution >= 4 is 27.3 Å². The molecule has 2 N–H and O–H groups in total. The van der Waals surface area contributed by atoms with E-state index >= 15 is 0 Å². The van der Waals surface area contributed by atoms with E-state index in [1.165, 1.54) is 4.88 Å². The van der Waals surface area contributed by atoms with Crippen LogP contribution in [0.4, 0.5) is 0 Å². The zero-order valence-corrected chi connectivity index (χ0v) is 17.8. The average Bonchev–Trinajstić information content (AvgIpc) is 3.23. The maximum Gasteiger partial charge on any atom is 0.190 e. The Balaban J connectivity index is 1.52. The number of aryl methyl sites for hydroxylation is 1. The van der Waals surface area contributed by atoms with Crippen molar-refractivity contribution in [1.29, 1.82) is 0 Å². The Morgan fingerprint density at radius 2 is 2.00 bits per heavy atom. The van der Waals surface area contributed by atoms with Crippen LogP contribution in [0, 0.1) is 6.92 Å². The Hall–Kier alpha value is -0.800. The Morgan fingerprint density at radius 1 is 1.22 bits per heavy atom. The summed E-state index contributed by atoms with van der Waals surface area (Å²) >= 11 is 5.19. The largest absolute Gasteiger partial charge is 0.387 e. The molecule has 2 saturated heterocycles. The Labute approximate surface area is 171 Å². The summed E-state index contributed by atoms with van der Waals surface area (Å²) in [6, 6.07) is 10.00. The standard InChI is InChI=1S/C20H23BrO5S/c1-10-4-5-11(8-12(10)9-13-6-7-14(21)27-13)15(22)17-16(23)18-19(24-17)26-20(2,3)25-18/h4-8,15-19,22-23H,9H2,1-3H3. The van der Waals surface area contributed by atoms with Gasteiger partial charge in [-0.3, -0.25) is 0 Å². The first-order valence-electron chi connectivity index (χ1n) is 8.94. The lowest BCUT2D eigenvalue weighted by Crippen LogP contribution is -2.37. The van der Waals surface area contributed by atoms with Crippen LogP contribution in [0.5, 0.6) is 0 Å². The third-order valence-electron chi connectivity index (χ3n) is 5.07. The summed E-state index contributed by atoms with van der Waals surface area (Å²) in [6.45, 7) is 5.62. The van der Waals surface area contributed by atoms with E-state index in [1.54, 1.807) is 25.2 Å². The molecule has 3 heterocycles. The predicted molar refractivity (Wildman–Crippen MR) is 106 cm³/mol. The van der Waals surface area contributed by atoms with Crippen molar-refractivity contribution in [3.8, 4) is 0 Å². The first-order chi connectivity index (χ1) is 12.7. The number of aliphatic hydroxyl groups is 2. The molecule has 7 heteroatoms. The van der Waals surface area contributed by atoms with Crippen LogP contribution in [0.3, 0.4) is 0 Å². The minimum absolute atomic E-state index is 0.590. The van der Waals surface area contributed by atoms with E-state index in [9.17, 15) is 10.2 Å². The molecule has 2 aliphatic rings. The summed E-state index contributed by atoms with van der Waals surface area (Å²) in [5, 5.41) is 21.5. The first-order valence-corrected chi connectivity index (χ1v) is 10.6. The van der Waals surface area contributed by atoms with E-state index in [0.717, 1.165) is 26.9 Å². The number of halogens is 1. The van der Waals surface area contributed by atoms with Gasteiger partial charge in [0.15, 0.2) is 12.1 Å². The van der Waals surface area contributed by atoms with Crippen molar-refractivity contribution < 1.29 is 24.4 Å². The molecular formula is C20H23BrO5S. The molecule has 2 aromatic rings. The van der Waals surface area contributed by atoms with E-state index in [-0.39, 0.29) is 0 Å². The van der Waals surface area contributed by atoms with Crippen molar-refractivity contribution in [3.63, 3.8) is 0 Å². The third kappa shape index (κ3) is 3.87. The topological polar surface area (TPSA) is 68.2 Å². The van der Waals surface area contributed by atoms with Gasteiger partial charge in [0.25, 0.3) is 0 Å². The molecule has 0 aliphatic carbocycles. The SMILES string of the molecule is Cc1ccc(C(O)C2OC3OC(C)(C)OC3C2O)cc1Cc1ccc(Br)s1. The molecule has 5 unspecified atom stereocenters. The van der Waals surface area contributed by atoms with Crippen molar-refractivity contribution in [1.82, 2.24) is 0 Å². The van der Waals surface area contributed by atoms with Gasteiger partial charge >= 0.3 is 0 Å². The second kappa shape index (κ2) is 7.22. The number of ether oxygens (including phenoxy) is 3. The molecule has 1 aromatic carbocycles. The summed E-state index contributed by atoms with van der Waals surface area (Å²) in [6.07, 6.45) is -3.17. The second-order valence-electron chi connectivity index (χ2n) is 7.57. The van der Waals surface area contributed by atoms with Crippen molar-refractivity contribution in [3.05, 3.63) is 55.7 Å². The molecule has 0 bridgehead atoms. The first kappa shape index (κ1) is 19.5. The maximum absolute atomic E-state index is 10.9. The monoisotopic (exact) mass is 454 g/mol. The second-order valence-corrected chi connectivity index (χ2v) is 10.1. The van der Waals surface area contributed by atoms with Gasteiger partial charge in [0.05, 0.1) is 3.79 Å². The number of hydrogen-bond acceptors (Lipinski definition) is 6. The van der Waals surface area contributed by atoms with Gasteiger partial charge in [0.1, 0.15) is 24.4 Å².